The molecule has 116 valence electrons. The molecule has 0 aromatic rings. The van der Waals surface area contributed by atoms with E-state index in [1.54, 1.807) is 6.92 Å². The van der Waals surface area contributed by atoms with E-state index in [0.29, 0.717) is 5.41 Å². The van der Waals surface area contributed by atoms with Crippen LogP contribution in [0.15, 0.2) is 0 Å². The van der Waals surface area contributed by atoms with Crippen LogP contribution in [0.4, 0.5) is 4.39 Å². The van der Waals surface area contributed by atoms with E-state index < -0.39 is 5.67 Å². The molecule has 0 N–H and O–H groups in total. The molecule has 2 nitrogen and oxygen atoms in total. The number of hydrogen-bond donors (Lipinski definition) is 0. The third kappa shape index (κ3) is 2.89. The highest BCUT2D eigenvalue weighted by Gasteiger charge is 2.65. The fourth-order valence-corrected chi connectivity index (χ4v) is 3.80. The van der Waals surface area contributed by atoms with Crippen LogP contribution in [0.5, 0.6) is 0 Å². The predicted octanol–water partition coefficient (Wildman–Crippen LogP) is 3.80. The highest BCUT2D eigenvalue weighted by atomic mass is 19.1. The molecule has 1 heterocycles. The number of nitrogens with zero attached hydrogens (tertiary/aromatic N) is 1. The molecular formula is C17H30FNO. The second-order valence-electron chi connectivity index (χ2n) is 8.83. The number of piperidine rings is 1. The van der Waals surface area contributed by atoms with Gasteiger partial charge in [-0.05, 0) is 72.9 Å². The fraction of sp³-hybridized carbons (Fsp3) is 1.00. The van der Waals surface area contributed by atoms with E-state index in [-0.39, 0.29) is 11.0 Å². The van der Waals surface area contributed by atoms with E-state index >= 15 is 0 Å². The maximum absolute atomic E-state index is 14.0. The van der Waals surface area contributed by atoms with E-state index in [9.17, 15) is 4.39 Å². The summed E-state index contributed by atoms with van der Waals surface area (Å²) in [7, 11) is 0. The van der Waals surface area contributed by atoms with Gasteiger partial charge in [0.25, 0.3) is 0 Å². The van der Waals surface area contributed by atoms with E-state index in [1.165, 1.54) is 12.8 Å². The molecule has 1 saturated heterocycles. The summed E-state index contributed by atoms with van der Waals surface area (Å²) in [6, 6.07) is 0. The minimum atomic E-state index is -0.869. The first-order valence-electron chi connectivity index (χ1n) is 8.21. The van der Waals surface area contributed by atoms with Crippen LogP contribution in [0.2, 0.25) is 0 Å². The predicted molar refractivity (Wildman–Crippen MR) is 79.6 cm³/mol. The van der Waals surface area contributed by atoms with Crippen LogP contribution in [0.1, 0.15) is 59.8 Å². The summed E-state index contributed by atoms with van der Waals surface area (Å²) in [6.07, 6.45) is 5.50. The van der Waals surface area contributed by atoms with E-state index in [2.05, 4.69) is 25.7 Å². The Morgan fingerprint density at radius 2 is 1.65 bits per heavy atom. The van der Waals surface area contributed by atoms with Crippen molar-refractivity contribution in [3.05, 3.63) is 0 Å². The van der Waals surface area contributed by atoms with Gasteiger partial charge < -0.3 is 9.64 Å². The summed E-state index contributed by atoms with van der Waals surface area (Å²) >= 11 is 0. The second kappa shape index (κ2) is 4.42. The lowest BCUT2D eigenvalue weighted by atomic mass is 9.89. The normalized spacial score (nSPS) is 35.2. The number of alkyl halides is 1. The van der Waals surface area contributed by atoms with Crippen molar-refractivity contribution < 1.29 is 9.13 Å². The van der Waals surface area contributed by atoms with Gasteiger partial charge in [0, 0.05) is 17.4 Å². The Morgan fingerprint density at radius 1 is 1.10 bits per heavy atom. The maximum atomic E-state index is 14.0. The Labute approximate surface area is 123 Å². The molecule has 0 amide bonds. The summed E-state index contributed by atoms with van der Waals surface area (Å²) in [6.45, 7) is 12.4. The van der Waals surface area contributed by atoms with Crippen LogP contribution in [0.25, 0.3) is 0 Å². The van der Waals surface area contributed by atoms with Crippen LogP contribution in [0.3, 0.4) is 0 Å². The van der Waals surface area contributed by atoms with Gasteiger partial charge >= 0.3 is 0 Å². The van der Waals surface area contributed by atoms with E-state index in [0.717, 1.165) is 45.5 Å². The van der Waals surface area contributed by atoms with Gasteiger partial charge in [-0.2, -0.15) is 0 Å². The SMILES string of the molecule is CC(C)(C)OCC1(CN2CCC3(CC2)CC3(C)F)CC1. The highest BCUT2D eigenvalue weighted by Crippen LogP contribution is 2.64. The first-order valence-corrected chi connectivity index (χ1v) is 8.21. The van der Waals surface area contributed by atoms with E-state index in [1.807, 2.05) is 0 Å². The van der Waals surface area contributed by atoms with Crippen molar-refractivity contribution in [3.63, 3.8) is 0 Å². The third-order valence-electron chi connectivity index (χ3n) is 5.79. The van der Waals surface area contributed by atoms with Crippen molar-refractivity contribution in [3.8, 4) is 0 Å². The largest absolute Gasteiger partial charge is 0.375 e. The first kappa shape index (κ1) is 14.8. The van der Waals surface area contributed by atoms with Crippen LogP contribution in [0, 0.1) is 10.8 Å². The molecule has 3 aliphatic rings. The Kier molecular flexibility index (Phi) is 3.27. The Bertz CT molecular complexity index is 373. The van der Waals surface area contributed by atoms with Gasteiger partial charge in [0.05, 0.1) is 12.2 Å². The van der Waals surface area contributed by atoms with Gasteiger partial charge in [0.15, 0.2) is 0 Å². The molecule has 0 radical (unpaired) electrons. The molecule has 2 aliphatic carbocycles. The number of rotatable bonds is 4. The Balaban J connectivity index is 1.46. The topological polar surface area (TPSA) is 12.5 Å². The molecule has 0 aromatic carbocycles. The fourth-order valence-electron chi connectivity index (χ4n) is 3.80. The lowest BCUT2D eigenvalue weighted by molar-refractivity contribution is -0.0363. The smallest absolute Gasteiger partial charge is 0.114 e. The molecule has 1 spiro atoms. The lowest BCUT2D eigenvalue weighted by Gasteiger charge is -2.36. The van der Waals surface area contributed by atoms with Crippen molar-refractivity contribution in [1.82, 2.24) is 4.90 Å². The van der Waals surface area contributed by atoms with Crippen LogP contribution in [-0.4, -0.2) is 42.4 Å². The van der Waals surface area contributed by atoms with Gasteiger partial charge in [-0.1, -0.05) is 0 Å². The van der Waals surface area contributed by atoms with Gasteiger partial charge in [0.2, 0.25) is 0 Å². The zero-order valence-corrected chi connectivity index (χ0v) is 13.6. The molecule has 1 unspecified atom stereocenters. The van der Waals surface area contributed by atoms with Crippen molar-refractivity contribution in [2.24, 2.45) is 10.8 Å². The number of likely N-dealkylation sites (tertiary alicyclic amines) is 1. The van der Waals surface area contributed by atoms with Crippen molar-refractivity contribution in [1.29, 1.82) is 0 Å². The van der Waals surface area contributed by atoms with Gasteiger partial charge in [0.1, 0.15) is 5.67 Å². The molecule has 1 aliphatic heterocycles. The summed E-state index contributed by atoms with van der Waals surface area (Å²) in [5.74, 6) is 0. The van der Waals surface area contributed by atoms with Crippen molar-refractivity contribution in [2.75, 3.05) is 26.2 Å². The molecule has 2 saturated carbocycles. The highest BCUT2D eigenvalue weighted by molar-refractivity contribution is 5.15. The Morgan fingerprint density at radius 3 is 2.05 bits per heavy atom. The number of ether oxygens (including phenoxy) is 1. The van der Waals surface area contributed by atoms with Crippen LogP contribution < -0.4 is 0 Å². The van der Waals surface area contributed by atoms with Crippen molar-refractivity contribution in [2.45, 2.75) is 71.1 Å². The Hall–Kier alpha value is -0.150. The average Bonchev–Trinajstić information content (AvgIpc) is 3.19. The summed E-state index contributed by atoms with van der Waals surface area (Å²) in [5.41, 5.74) is -0.459. The molecule has 3 rings (SSSR count). The molecule has 20 heavy (non-hydrogen) atoms. The standard InChI is InChI=1S/C17H30FNO/c1-14(2,3)20-13-16(5-6-16)12-19-9-7-17(8-10-19)11-15(17,4)18/h5-13H2,1-4H3. The second-order valence-corrected chi connectivity index (χ2v) is 8.83. The van der Waals surface area contributed by atoms with E-state index in [4.69, 9.17) is 4.74 Å². The minimum absolute atomic E-state index is 0.0361. The minimum Gasteiger partial charge on any atom is -0.375 e. The third-order valence-corrected chi connectivity index (χ3v) is 5.79. The van der Waals surface area contributed by atoms with Gasteiger partial charge in [-0.15, -0.1) is 0 Å². The summed E-state index contributed by atoms with van der Waals surface area (Å²) < 4.78 is 20.0. The summed E-state index contributed by atoms with van der Waals surface area (Å²) in [4.78, 5) is 2.55. The molecular weight excluding hydrogens is 253 g/mol. The van der Waals surface area contributed by atoms with Crippen LogP contribution in [-0.2, 0) is 4.74 Å². The zero-order chi connectivity index (χ0) is 14.6. The van der Waals surface area contributed by atoms with Gasteiger partial charge in [-0.3, -0.25) is 0 Å². The van der Waals surface area contributed by atoms with Crippen molar-refractivity contribution >= 4 is 0 Å². The molecule has 3 heteroatoms. The van der Waals surface area contributed by atoms with Gasteiger partial charge in [-0.25, -0.2) is 4.39 Å². The van der Waals surface area contributed by atoms with Crippen LogP contribution >= 0.6 is 0 Å². The average molecular weight is 283 g/mol. The summed E-state index contributed by atoms with van der Waals surface area (Å²) in [5, 5.41) is 0. The number of hydrogen-bond acceptors (Lipinski definition) is 2. The maximum Gasteiger partial charge on any atom is 0.114 e. The monoisotopic (exact) mass is 283 g/mol. The first-order chi connectivity index (χ1) is 9.16. The zero-order valence-electron chi connectivity index (χ0n) is 13.6. The quantitative estimate of drug-likeness (QED) is 0.778. The molecule has 3 fully saturated rings. The molecule has 1 atom stereocenters. The lowest BCUT2D eigenvalue weighted by Crippen LogP contribution is -2.41. The molecule has 0 aromatic heterocycles. The molecule has 0 bridgehead atoms. The number of halogens is 1.